The maximum absolute atomic E-state index is 15.3. The van der Waals surface area contributed by atoms with Crippen LogP contribution in [0.15, 0.2) is 55.1 Å². The topological polar surface area (TPSA) is 117 Å². The van der Waals surface area contributed by atoms with Crippen LogP contribution in [0.1, 0.15) is 24.6 Å². The first kappa shape index (κ1) is 24.8. The van der Waals surface area contributed by atoms with Crippen LogP contribution in [0.3, 0.4) is 0 Å². The van der Waals surface area contributed by atoms with Gasteiger partial charge in [-0.25, -0.2) is 19.3 Å². The van der Waals surface area contributed by atoms with E-state index in [2.05, 4.69) is 25.0 Å². The number of aryl methyl sites for hydroxylation is 1. The lowest BCUT2D eigenvalue weighted by atomic mass is 9.86. The SMILES string of the molecule is CCC(OCOC)(c1cc(-c2c[nH]c3ncc(-c4cnn(C)c4)cc23)nc(N)n1)c1cccc(Cl)c1F. The molecule has 1 unspecified atom stereocenters. The Morgan fingerprint density at radius 3 is 2.76 bits per heavy atom. The summed E-state index contributed by atoms with van der Waals surface area (Å²) in [6, 6.07) is 8.52. The number of benzene rings is 1. The Bertz CT molecular complexity index is 1580. The molecule has 4 aromatic heterocycles. The maximum atomic E-state index is 15.3. The number of hydrogen-bond donors (Lipinski definition) is 2. The van der Waals surface area contributed by atoms with Crippen molar-refractivity contribution in [1.29, 1.82) is 0 Å². The van der Waals surface area contributed by atoms with E-state index in [1.165, 1.54) is 13.2 Å². The van der Waals surface area contributed by atoms with E-state index in [-0.39, 0.29) is 23.3 Å². The highest BCUT2D eigenvalue weighted by molar-refractivity contribution is 6.30. The van der Waals surface area contributed by atoms with Crippen LogP contribution in [0.25, 0.3) is 33.4 Å². The van der Waals surface area contributed by atoms with Gasteiger partial charge in [0.2, 0.25) is 5.95 Å². The molecular formula is C26H25ClFN7O2. The molecule has 9 nitrogen and oxygen atoms in total. The summed E-state index contributed by atoms with van der Waals surface area (Å²) < 4.78 is 28.4. The van der Waals surface area contributed by atoms with Gasteiger partial charge in [-0.3, -0.25) is 4.68 Å². The number of nitrogens with one attached hydrogen (secondary N) is 1. The van der Waals surface area contributed by atoms with Crippen LogP contribution in [0, 0.1) is 5.82 Å². The molecule has 0 fully saturated rings. The van der Waals surface area contributed by atoms with Gasteiger partial charge in [0.1, 0.15) is 23.9 Å². The Morgan fingerprint density at radius 1 is 1.19 bits per heavy atom. The van der Waals surface area contributed by atoms with Crippen molar-refractivity contribution in [2.75, 3.05) is 19.6 Å². The van der Waals surface area contributed by atoms with Crippen molar-refractivity contribution in [1.82, 2.24) is 29.7 Å². The summed E-state index contributed by atoms with van der Waals surface area (Å²) in [4.78, 5) is 16.7. The Kier molecular flexibility index (Phi) is 6.63. The average Bonchev–Trinajstić information content (AvgIpc) is 3.52. The van der Waals surface area contributed by atoms with Crippen molar-refractivity contribution in [2.45, 2.75) is 18.9 Å². The Hall–Kier alpha value is -3.86. The fourth-order valence-electron chi connectivity index (χ4n) is 4.49. The third-order valence-electron chi connectivity index (χ3n) is 6.31. The zero-order chi connectivity index (χ0) is 26.2. The van der Waals surface area contributed by atoms with Crippen molar-refractivity contribution in [3.8, 4) is 22.4 Å². The van der Waals surface area contributed by atoms with Gasteiger partial charge >= 0.3 is 0 Å². The smallest absolute Gasteiger partial charge is 0.220 e. The molecule has 1 aromatic carbocycles. The van der Waals surface area contributed by atoms with Gasteiger partial charge in [0.25, 0.3) is 0 Å². The minimum Gasteiger partial charge on any atom is -0.368 e. The molecule has 0 spiro atoms. The van der Waals surface area contributed by atoms with E-state index in [0.717, 1.165) is 22.1 Å². The van der Waals surface area contributed by atoms with E-state index in [0.29, 0.717) is 23.5 Å². The third-order valence-corrected chi connectivity index (χ3v) is 6.60. The van der Waals surface area contributed by atoms with Crippen molar-refractivity contribution in [3.05, 3.63) is 77.2 Å². The molecule has 0 aliphatic carbocycles. The van der Waals surface area contributed by atoms with E-state index in [9.17, 15) is 0 Å². The van der Waals surface area contributed by atoms with Gasteiger partial charge < -0.3 is 20.2 Å². The number of nitrogens with two attached hydrogens (primary N) is 1. The Morgan fingerprint density at radius 2 is 2.03 bits per heavy atom. The van der Waals surface area contributed by atoms with E-state index in [4.69, 9.17) is 26.8 Å². The molecule has 190 valence electrons. The molecule has 5 rings (SSSR count). The molecule has 4 heterocycles. The van der Waals surface area contributed by atoms with Crippen LogP contribution in [0.5, 0.6) is 0 Å². The second-order valence-corrected chi connectivity index (χ2v) is 8.96. The van der Waals surface area contributed by atoms with E-state index >= 15 is 4.39 Å². The summed E-state index contributed by atoms with van der Waals surface area (Å²) in [6.45, 7) is 1.76. The third kappa shape index (κ3) is 4.43. The number of H-pyrrole nitrogens is 1. The van der Waals surface area contributed by atoms with E-state index in [1.807, 2.05) is 26.2 Å². The molecule has 3 N–H and O–H groups in total. The zero-order valence-electron chi connectivity index (χ0n) is 20.5. The number of aromatic amines is 1. The van der Waals surface area contributed by atoms with Crippen LogP contribution in [-0.2, 0) is 22.1 Å². The highest BCUT2D eigenvalue weighted by Crippen LogP contribution is 2.41. The molecule has 0 saturated carbocycles. The van der Waals surface area contributed by atoms with Gasteiger partial charge in [0.05, 0.1) is 22.6 Å². The fraction of sp³-hybridized carbons (Fsp3) is 0.231. The first-order chi connectivity index (χ1) is 17.9. The molecule has 0 radical (unpaired) electrons. The highest BCUT2D eigenvalue weighted by Gasteiger charge is 2.39. The van der Waals surface area contributed by atoms with Crippen molar-refractivity contribution < 1.29 is 13.9 Å². The lowest BCUT2D eigenvalue weighted by Crippen LogP contribution is -2.34. The van der Waals surface area contributed by atoms with E-state index < -0.39 is 11.4 Å². The van der Waals surface area contributed by atoms with Crippen LogP contribution in [-0.4, -0.2) is 43.6 Å². The van der Waals surface area contributed by atoms with Crippen LogP contribution in [0.4, 0.5) is 10.3 Å². The quantitative estimate of drug-likeness (QED) is 0.274. The molecule has 37 heavy (non-hydrogen) atoms. The number of anilines is 1. The van der Waals surface area contributed by atoms with Crippen LogP contribution in [0.2, 0.25) is 5.02 Å². The number of nitrogen functional groups attached to an aromatic ring is 1. The second-order valence-electron chi connectivity index (χ2n) is 8.55. The number of ether oxygens (including phenoxy) is 2. The van der Waals surface area contributed by atoms with Crippen LogP contribution < -0.4 is 5.73 Å². The number of pyridine rings is 1. The number of nitrogens with zero attached hydrogens (tertiary/aromatic N) is 5. The number of fused-ring (bicyclic) bond motifs is 1. The number of hydrogen-bond acceptors (Lipinski definition) is 7. The normalized spacial score (nSPS) is 13.2. The summed E-state index contributed by atoms with van der Waals surface area (Å²) in [5.41, 5.74) is 9.26. The van der Waals surface area contributed by atoms with Gasteiger partial charge in [-0.2, -0.15) is 5.10 Å². The fourth-order valence-corrected chi connectivity index (χ4v) is 4.67. The summed E-state index contributed by atoms with van der Waals surface area (Å²) in [6.07, 6.45) is 7.60. The first-order valence-corrected chi connectivity index (χ1v) is 11.9. The largest absolute Gasteiger partial charge is 0.368 e. The van der Waals surface area contributed by atoms with Crippen LogP contribution >= 0.6 is 11.6 Å². The molecular weight excluding hydrogens is 497 g/mol. The standard InChI is InChI=1S/C26H25ClFN7O2/c1-4-26(37-14-36-3,19-6-5-7-20(27)23(19)28)22-9-21(33-25(29)34-22)18-12-31-24-17(18)8-15(10-30-24)16-11-32-35(2)13-16/h5-13H,4,14H2,1-3H3,(H,30,31)(H2,29,33,34). The minimum atomic E-state index is -1.33. The molecule has 11 heteroatoms. The summed E-state index contributed by atoms with van der Waals surface area (Å²) >= 11 is 6.14. The zero-order valence-corrected chi connectivity index (χ0v) is 21.3. The number of halogens is 2. The predicted octanol–water partition coefficient (Wildman–Crippen LogP) is 5.07. The van der Waals surface area contributed by atoms with Crippen molar-refractivity contribution in [2.24, 2.45) is 7.05 Å². The highest BCUT2D eigenvalue weighted by atomic mass is 35.5. The number of methoxy groups -OCH3 is 1. The number of aromatic nitrogens is 6. The lowest BCUT2D eigenvalue weighted by Gasteiger charge is -2.33. The molecule has 0 saturated heterocycles. The molecule has 0 amide bonds. The maximum Gasteiger partial charge on any atom is 0.220 e. The van der Waals surface area contributed by atoms with Crippen molar-refractivity contribution in [3.63, 3.8) is 0 Å². The monoisotopic (exact) mass is 521 g/mol. The summed E-state index contributed by atoms with van der Waals surface area (Å²) in [7, 11) is 3.35. The predicted molar refractivity (Wildman–Crippen MR) is 139 cm³/mol. The summed E-state index contributed by atoms with van der Waals surface area (Å²) in [5, 5.41) is 5.06. The molecule has 5 aromatic rings. The minimum absolute atomic E-state index is 0.0134. The molecule has 0 bridgehead atoms. The molecule has 1 atom stereocenters. The van der Waals surface area contributed by atoms with Gasteiger partial charge in [-0.05, 0) is 24.6 Å². The average molecular weight is 522 g/mol. The first-order valence-electron chi connectivity index (χ1n) is 11.5. The second kappa shape index (κ2) is 9.89. The van der Waals surface area contributed by atoms with Gasteiger partial charge in [0, 0.05) is 60.4 Å². The Labute approximate surface area is 217 Å². The van der Waals surface area contributed by atoms with Crippen molar-refractivity contribution >= 4 is 28.6 Å². The van der Waals surface area contributed by atoms with Gasteiger partial charge in [-0.1, -0.05) is 30.7 Å². The van der Waals surface area contributed by atoms with Gasteiger partial charge in [0.15, 0.2) is 0 Å². The van der Waals surface area contributed by atoms with E-state index in [1.54, 1.807) is 41.5 Å². The van der Waals surface area contributed by atoms with Gasteiger partial charge in [-0.15, -0.1) is 0 Å². The lowest BCUT2D eigenvalue weighted by molar-refractivity contribution is -0.120. The molecule has 0 aliphatic rings. The Balaban J connectivity index is 1.69. The molecule has 0 aliphatic heterocycles. The summed E-state index contributed by atoms with van der Waals surface area (Å²) in [5.74, 6) is -0.585. The number of rotatable bonds is 8.